The van der Waals surface area contributed by atoms with Crippen LogP contribution in [0.1, 0.15) is 16.1 Å². The molecule has 2 N–H and O–H groups in total. The quantitative estimate of drug-likeness (QED) is 0.865. The lowest BCUT2D eigenvalue weighted by Crippen LogP contribution is -2.09. The van der Waals surface area contributed by atoms with Gasteiger partial charge in [0.1, 0.15) is 5.82 Å². The maximum absolute atomic E-state index is 12.7. The van der Waals surface area contributed by atoms with Gasteiger partial charge in [-0.3, -0.25) is 0 Å². The molecular formula is C14H11F3N2O2. The average molecular weight is 296 g/mol. The molecule has 0 unspecified atom stereocenters. The van der Waals surface area contributed by atoms with Crippen LogP contribution in [0.3, 0.4) is 0 Å². The molecule has 1 aromatic heterocycles. The molecule has 1 heterocycles. The van der Waals surface area contributed by atoms with Gasteiger partial charge in [0.2, 0.25) is 0 Å². The molecule has 1 aromatic carbocycles. The molecule has 0 saturated heterocycles. The third-order valence-electron chi connectivity index (χ3n) is 2.80. The predicted octanol–water partition coefficient (Wildman–Crippen LogP) is 3.14. The van der Waals surface area contributed by atoms with E-state index in [1.165, 1.54) is 24.3 Å². The highest BCUT2D eigenvalue weighted by molar-refractivity contribution is 5.95. The second-order valence-corrected chi connectivity index (χ2v) is 4.20. The maximum Gasteiger partial charge on any atom is 0.416 e. The number of ether oxygens (including phenoxy) is 1. The normalized spacial score (nSPS) is 11.2. The number of halogens is 3. The Balaban J connectivity index is 2.59. The summed E-state index contributed by atoms with van der Waals surface area (Å²) < 4.78 is 42.8. The molecule has 0 saturated carbocycles. The van der Waals surface area contributed by atoms with Crippen LogP contribution in [-0.2, 0) is 10.9 Å². The lowest BCUT2D eigenvalue weighted by Gasteiger charge is -2.11. The van der Waals surface area contributed by atoms with E-state index in [9.17, 15) is 18.0 Å². The molecule has 0 aliphatic carbocycles. The highest BCUT2D eigenvalue weighted by Gasteiger charge is 2.30. The number of carbonyl (C=O) groups excluding carboxylic acids is 1. The van der Waals surface area contributed by atoms with Crippen LogP contribution in [0.15, 0.2) is 36.4 Å². The summed E-state index contributed by atoms with van der Waals surface area (Å²) in [6, 6.07) is 7.45. The first kappa shape index (κ1) is 14.8. The third-order valence-corrected chi connectivity index (χ3v) is 2.80. The molecule has 2 rings (SSSR count). The number of aromatic nitrogens is 1. The molecule has 21 heavy (non-hydrogen) atoms. The SMILES string of the molecule is COC(=O)c1nc(N)ccc1-c1cccc(C(F)(F)F)c1. The second-order valence-electron chi connectivity index (χ2n) is 4.20. The summed E-state index contributed by atoms with van der Waals surface area (Å²) in [5.74, 6) is -0.694. The number of benzene rings is 1. The number of esters is 1. The van der Waals surface area contributed by atoms with Crippen molar-refractivity contribution in [1.29, 1.82) is 0 Å². The zero-order valence-corrected chi connectivity index (χ0v) is 10.9. The van der Waals surface area contributed by atoms with Crippen LogP contribution >= 0.6 is 0 Å². The summed E-state index contributed by atoms with van der Waals surface area (Å²) in [7, 11) is 1.16. The van der Waals surface area contributed by atoms with Crippen molar-refractivity contribution in [2.45, 2.75) is 6.18 Å². The molecule has 0 aliphatic heterocycles. The summed E-state index contributed by atoms with van der Waals surface area (Å²) in [6.45, 7) is 0. The molecule has 0 fully saturated rings. The minimum absolute atomic E-state index is 0.0751. The van der Waals surface area contributed by atoms with Gasteiger partial charge in [0.15, 0.2) is 5.69 Å². The van der Waals surface area contributed by atoms with Crippen LogP contribution in [0.5, 0.6) is 0 Å². The van der Waals surface area contributed by atoms with Gasteiger partial charge in [0.05, 0.1) is 12.7 Å². The molecule has 0 spiro atoms. The van der Waals surface area contributed by atoms with Gasteiger partial charge < -0.3 is 10.5 Å². The van der Waals surface area contributed by atoms with Gasteiger partial charge in [-0.25, -0.2) is 9.78 Å². The first-order valence-electron chi connectivity index (χ1n) is 5.85. The van der Waals surface area contributed by atoms with Crippen molar-refractivity contribution in [1.82, 2.24) is 4.98 Å². The highest BCUT2D eigenvalue weighted by atomic mass is 19.4. The molecule has 7 heteroatoms. The molecule has 0 amide bonds. The summed E-state index contributed by atoms with van der Waals surface area (Å²) >= 11 is 0. The Morgan fingerprint density at radius 3 is 2.57 bits per heavy atom. The number of rotatable bonds is 2. The monoisotopic (exact) mass is 296 g/mol. The lowest BCUT2D eigenvalue weighted by atomic mass is 10.0. The summed E-state index contributed by atoms with van der Waals surface area (Å²) in [6.07, 6.45) is -4.47. The number of carbonyl (C=O) groups is 1. The number of alkyl halides is 3. The van der Waals surface area contributed by atoms with Gasteiger partial charge in [-0.2, -0.15) is 13.2 Å². The number of nitrogens with two attached hydrogens (primary N) is 1. The molecule has 0 radical (unpaired) electrons. The third kappa shape index (κ3) is 3.13. The Labute approximate surface area is 118 Å². The average Bonchev–Trinajstić information content (AvgIpc) is 2.45. The minimum atomic E-state index is -4.47. The van der Waals surface area contributed by atoms with Crippen LogP contribution in [-0.4, -0.2) is 18.1 Å². The molecule has 0 bridgehead atoms. The Morgan fingerprint density at radius 1 is 1.24 bits per heavy atom. The van der Waals surface area contributed by atoms with Crippen molar-refractivity contribution < 1.29 is 22.7 Å². The van der Waals surface area contributed by atoms with Gasteiger partial charge in [-0.15, -0.1) is 0 Å². The first-order valence-corrected chi connectivity index (χ1v) is 5.85. The summed E-state index contributed by atoms with van der Waals surface area (Å²) in [4.78, 5) is 15.5. The van der Waals surface area contributed by atoms with Crippen molar-refractivity contribution in [3.05, 3.63) is 47.7 Å². The first-order chi connectivity index (χ1) is 9.82. The number of nitrogen functional groups attached to an aromatic ring is 1. The Bertz CT molecular complexity index is 684. The van der Waals surface area contributed by atoms with Gasteiger partial charge in [0.25, 0.3) is 0 Å². The van der Waals surface area contributed by atoms with Crippen molar-refractivity contribution in [3.63, 3.8) is 0 Å². The fourth-order valence-electron chi connectivity index (χ4n) is 1.82. The predicted molar refractivity (Wildman–Crippen MR) is 70.4 cm³/mol. The topological polar surface area (TPSA) is 65.2 Å². The molecule has 0 atom stereocenters. The number of hydrogen-bond acceptors (Lipinski definition) is 4. The van der Waals surface area contributed by atoms with Crippen LogP contribution < -0.4 is 5.73 Å². The molecular weight excluding hydrogens is 285 g/mol. The molecule has 2 aromatic rings. The number of pyridine rings is 1. The fourth-order valence-corrected chi connectivity index (χ4v) is 1.82. The Hall–Kier alpha value is -2.57. The number of anilines is 1. The van der Waals surface area contributed by atoms with Gasteiger partial charge in [-0.1, -0.05) is 12.1 Å². The number of hydrogen-bond donors (Lipinski definition) is 1. The van der Waals surface area contributed by atoms with E-state index in [1.807, 2.05) is 0 Å². The van der Waals surface area contributed by atoms with E-state index in [1.54, 1.807) is 0 Å². The van der Waals surface area contributed by atoms with Crippen LogP contribution in [0.25, 0.3) is 11.1 Å². The Kier molecular flexibility index (Phi) is 3.84. The second kappa shape index (κ2) is 5.43. The van der Waals surface area contributed by atoms with Crippen molar-refractivity contribution in [2.75, 3.05) is 12.8 Å². The number of nitrogens with zero attached hydrogens (tertiary/aromatic N) is 1. The van der Waals surface area contributed by atoms with E-state index >= 15 is 0 Å². The summed E-state index contributed by atoms with van der Waals surface area (Å²) in [5.41, 5.74) is 4.99. The Morgan fingerprint density at radius 2 is 1.95 bits per heavy atom. The largest absolute Gasteiger partial charge is 0.464 e. The van der Waals surface area contributed by atoms with Crippen LogP contribution in [0, 0.1) is 0 Å². The summed E-state index contributed by atoms with van der Waals surface area (Å²) in [5, 5.41) is 0. The zero-order valence-electron chi connectivity index (χ0n) is 10.9. The molecule has 110 valence electrons. The van der Waals surface area contributed by atoms with E-state index in [4.69, 9.17) is 5.73 Å². The van der Waals surface area contributed by atoms with E-state index in [0.29, 0.717) is 0 Å². The van der Waals surface area contributed by atoms with Crippen LogP contribution in [0.2, 0.25) is 0 Å². The molecule has 0 aliphatic rings. The zero-order chi connectivity index (χ0) is 15.6. The minimum Gasteiger partial charge on any atom is -0.464 e. The standard InChI is InChI=1S/C14H11F3N2O2/c1-21-13(20)12-10(5-6-11(18)19-12)8-3-2-4-9(7-8)14(15,16)17/h2-7H,1H3,(H2,18,19). The van der Waals surface area contributed by atoms with E-state index < -0.39 is 17.7 Å². The lowest BCUT2D eigenvalue weighted by molar-refractivity contribution is -0.137. The van der Waals surface area contributed by atoms with Gasteiger partial charge in [0, 0.05) is 5.56 Å². The smallest absolute Gasteiger partial charge is 0.416 e. The maximum atomic E-state index is 12.7. The van der Waals surface area contributed by atoms with E-state index in [0.717, 1.165) is 19.2 Å². The highest BCUT2D eigenvalue weighted by Crippen LogP contribution is 2.33. The van der Waals surface area contributed by atoms with Crippen molar-refractivity contribution >= 4 is 11.8 Å². The molecule has 4 nitrogen and oxygen atoms in total. The number of methoxy groups -OCH3 is 1. The van der Waals surface area contributed by atoms with Gasteiger partial charge >= 0.3 is 12.1 Å². The van der Waals surface area contributed by atoms with Crippen LogP contribution in [0.4, 0.5) is 19.0 Å². The van der Waals surface area contributed by atoms with Gasteiger partial charge in [-0.05, 0) is 29.8 Å². The fraction of sp³-hybridized carbons (Fsp3) is 0.143. The van der Waals surface area contributed by atoms with Crippen molar-refractivity contribution in [3.8, 4) is 11.1 Å². The van der Waals surface area contributed by atoms with Crippen molar-refractivity contribution in [2.24, 2.45) is 0 Å². The van der Waals surface area contributed by atoms with E-state index in [-0.39, 0.29) is 22.6 Å². The van der Waals surface area contributed by atoms with E-state index in [2.05, 4.69) is 9.72 Å².